The molecule has 2 saturated heterocycles. The number of hydrogen-bond acceptors (Lipinski definition) is 7. The number of aryl methyl sites for hydroxylation is 1. The first-order valence-corrected chi connectivity index (χ1v) is 14.3. The second kappa shape index (κ2) is 10.7. The van der Waals surface area contributed by atoms with Crippen LogP contribution in [0.2, 0.25) is 0 Å². The predicted octanol–water partition coefficient (Wildman–Crippen LogP) is 3.08. The summed E-state index contributed by atoms with van der Waals surface area (Å²) < 4.78 is 32.7. The summed E-state index contributed by atoms with van der Waals surface area (Å²) >= 11 is 0. The first-order valence-electron chi connectivity index (χ1n) is 12.9. The minimum Gasteiger partial charge on any atom is -0.465 e. The van der Waals surface area contributed by atoms with Gasteiger partial charge in [0.2, 0.25) is 15.9 Å². The number of carbonyl (C=O) groups is 2. The lowest BCUT2D eigenvalue weighted by Gasteiger charge is -2.39. The minimum atomic E-state index is -3.78. The summed E-state index contributed by atoms with van der Waals surface area (Å²) in [6.07, 6.45) is 1.29. The van der Waals surface area contributed by atoms with Crippen LogP contribution in [0, 0.1) is 12.8 Å². The molecular formula is C28H32N4O5S. The molecule has 3 aromatic rings. The molecule has 0 spiro atoms. The molecule has 1 aromatic heterocycles. The molecule has 5 rings (SSSR count). The number of hydrogen-bond donors (Lipinski definition) is 0. The highest BCUT2D eigenvalue weighted by molar-refractivity contribution is 7.89. The van der Waals surface area contributed by atoms with Gasteiger partial charge >= 0.3 is 5.97 Å². The number of rotatable bonds is 5. The molecule has 1 unspecified atom stereocenters. The van der Waals surface area contributed by atoms with Gasteiger partial charge in [0.25, 0.3) is 0 Å². The molecule has 2 aliphatic rings. The normalized spacial score (nSPS) is 18.9. The van der Waals surface area contributed by atoms with E-state index in [0.717, 1.165) is 22.3 Å². The quantitative estimate of drug-likeness (QED) is 0.462. The van der Waals surface area contributed by atoms with Crippen molar-refractivity contribution in [2.45, 2.75) is 24.7 Å². The van der Waals surface area contributed by atoms with Crippen LogP contribution in [-0.2, 0) is 19.6 Å². The fraction of sp³-hybridized carbons (Fsp3) is 0.393. The van der Waals surface area contributed by atoms with Gasteiger partial charge in [-0.15, -0.1) is 0 Å². The third kappa shape index (κ3) is 5.10. The van der Waals surface area contributed by atoms with Crippen molar-refractivity contribution in [1.82, 2.24) is 14.2 Å². The molecule has 0 N–H and O–H groups in total. The van der Waals surface area contributed by atoms with E-state index in [1.165, 1.54) is 35.7 Å². The first kappa shape index (κ1) is 26.1. The van der Waals surface area contributed by atoms with Crippen LogP contribution in [0.1, 0.15) is 28.9 Å². The Labute approximate surface area is 223 Å². The Kier molecular flexibility index (Phi) is 7.36. The number of nitrogens with zero attached hydrogens (tertiary/aromatic N) is 4. The van der Waals surface area contributed by atoms with Crippen molar-refractivity contribution in [3.05, 3.63) is 65.9 Å². The summed E-state index contributed by atoms with van der Waals surface area (Å²) in [4.78, 5) is 34.1. The summed E-state index contributed by atoms with van der Waals surface area (Å²) in [6, 6.07) is 15.9. The topological polar surface area (TPSA) is 100 Å². The van der Waals surface area contributed by atoms with Crippen molar-refractivity contribution in [2.24, 2.45) is 5.92 Å². The van der Waals surface area contributed by atoms with E-state index in [1.807, 2.05) is 30.0 Å². The predicted molar refractivity (Wildman–Crippen MR) is 145 cm³/mol. The van der Waals surface area contributed by atoms with Crippen LogP contribution in [0.25, 0.3) is 10.9 Å². The lowest BCUT2D eigenvalue weighted by Crippen LogP contribution is -2.53. The Morgan fingerprint density at radius 1 is 0.974 bits per heavy atom. The molecule has 0 radical (unpaired) electrons. The number of sulfonamides is 1. The zero-order valence-electron chi connectivity index (χ0n) is 21.7. The van der Waals surface area contributed by atoms with Gasteiger partial charge in [-0.25, -0.2) is 13.2 Å². The lowest BCUT2D eigenvalue weighted by atomic mass is 9.97. The van der Waals surface area contributed by atoms with Crippen LogP contribution in [-0.4, -0.2) is 80.9 Å². The third-order valence-electron chi connectivity index (χ3n) is 7.40. The highest BCUT2D eigenvalue weighted by Gasteiger charge is 2.36. The number of amides is 1. The summed E-state index contributed by atoms with van der Waals surface area (Å²) in [5.74, 6) is -0.880. The molecule has 200 valence electrons. The number of fused-ring (bicyclic) bond motifs is 1. The maximum Gasteiger partial charge on any atom is 0.337 e. The Morgan fingerprint density at radius 3 is 2.39 bits per heavy atom. The lowest BCUT2D eigenvalue weighted by molar-refractivity contribution is -0.137. The van der Waals surface area contributed by atoms with E-state index in [-0.39, 0.29) is 28.8 Å². The molecular weight excluding hydrogens is 504 g/mol. The smallest absolute Gasteiger partial charge is 0.337 e. The number of anilines is 1. The van der Waals surface area contributed by atoms with Gasteiger partial charge in [0.05, 0.1) is 29.0 Å². The average Bonchev–Trinajstić information content (AvgIpc) is 2.96. The summed E-state index contributed by atoms with van der Waals surface area (Å²) in [5, 5.41) is 1.10. The van der Waals surface area contributed by atoms with Crippen LogP contribution in [0.5, 0.6) is 0 Å². The molecule has 1 amide bonds. The summed E-state index contributed by atoms with van der Waals surface area (Å²) in [7, 11) is -2.50. The Balaban J connectivity index is 1.24. The highest BCUT2D eigenvalue weighted by Crippen LogP contribution is 2.29. The standard InChI is InChI=1S/C28H32N4O5S/c1-20-18-26(24-7-3-4-8-25(24)29-20)30-14-16-31(17-15-30)27(33)22-6-5-13-32(19-22)38(35,36)23-11-9-21(10-12-23)28(34)37-2/h3-4,7-12,18,22H,5-6,13-17,19H2,1-2H3. The molecule has 1 atom stereocenters. The van der Waals surface area contributed by atoms with Crippen LogP contribution < -0.4 is 4.90 Å². The van der Waals surface area contributed by atoms with Crippen LogP contribution in [0.15, 0.2) is 59.5 Å². The fourth-order valence-corrected chi connectivity index (χ4v) is 6.89. The van der Waals surface area contributed by atoms with Crippen molar-refractivity contribution >= 4 is 38.5 Å². The first-order chi connectivity index (χ1) is 18.3. The van der Waals surface area contributed by atoms with Crippen molar-refractivity contribution in [3.8, 4) is 0 Å². The van der Waals surface area contributed by atoms with Gasteiger partial charge in [-0.1, -0.05) is 18.2 Å². The number of benzene rings is 2. The van der Waals surface area contributed by atoms with E-state index >= 15 is 0 Å². The van der Waals surface area contributed by atoms with Gasteiger partial charge in [-0.3, -0.25) is 9.78 Å². The molecule has 2 fully saturated rings. The Bertz CT molecular complexity index is 1450. The van der Waals surface area contributed by atoms with Crippen molar-refractivity contribution in [3.63, 3.8) is 0 Å². The van der Waals surface area contributed by atoms with Crippen molar-refractivity contribution < 1.29 is 22.7 Å². The van der Waals surface area contributed by atoms with Gasteiger partial charge in [-0.2, -0.15) is 4.31 Å². The van der Waals surface area contributed by atoms with E-state index in [9.17, 15) is 18.0 Å². The number of methoxy groups -OCH3 is 1. The van der Waals surface area contributed by atoms with Crippen molar-refractivity contribution in [2.75, 3.05) is 51.3 Å². The molecule has 2 aliphatic heterocycles. The van der Waals surface area contributed by atoms with E-state index < -0.39 is 16.0 Å². The van der Waals surface area contributed by atoms with Crippen LogP contribution in [0.4, 0.5) is 5.69 Å². The number of piperidine rings is 1. The largest absolute Gasteiger partial charge is 0.465 e. The van der Waals surface area contributed by atoms with Gasteiger partial charge < -0.3 is 14.5 Å². The van der Waals surface area contributed by atoms with Crippen LogP contribution >= 0.6 is 0 Å². The summed E-state index contributed by atoms with van der Waals surface area (Å²) in [5.41, 5.74) is 3.34. The molecule has 3 heterocycles. The second-order valence-electron chi connectivity index (χ2n) is 9.83. The monoisotopic (exact) mass is 536 g/mol. The van der Waals surface area contributed by atoms with Crippen molar-refractivity contribution in [1.29, 1.82) is 0 Å². The molecule has 2 aromatic carbocycles. The molecule has 0 aliphatic carbocycles. The average molecular weight is 537 g/mol. The number of ether oxygens (including phenoxy) is 1. The maximum absolute atomic E-state index is 13.4. The summed E-state index contributed by atoms with van der Waals surface area (Å²) in [6.45, 7) is 5.12. The van der Waals surface area contributed by atoms with E-state index in [2.05, 4.69) is 26.8 Å². The number of carbonyl (C=O) groups excluding carboxylic acids is 2. The molecule has 9 nitrogen and oxygen atoms in total. The van der Waals surface area contributed by atoms with E-state index in [1.54, 1.807) is 0 Å². The Morgan fingerprint density at radius 2 is 1.68 bits per heavy atom. The Hall–Kier alpha value is -3.50. The molecule has 0 bridgehead atoms. The number of para-hydroxylation sites is 1. The molecule has 10 heteroatoms. The van der Waals surface area contributed by atoms with Crippen LogP contribution in [0.3, 0.4) is 0 Å². The minimum absolute atomic E-state index is 0.0151. The fourth-order valence-electron chi connectivity index (χ4n) is 5.37. The maximum atomic E-state index is 13.4. The van der Waals surface area contributed by atoms with Gasteiger partial charge in [-0.05, 0) is 56.2 Å². The number of piperazine rings is 1. The van der Waals surface area contributed by atoms with Gasteiger partial charge in [0, 0.05) is 56.0 Å². The number of aromatic nitrogens is 1. The zero-order chi connectivity index (χ0) is 26.9. The SMILES string of the molecule is COC(=O)c1ccc(S(=O)(=O)N2CCCC(C(=O)N3CCN(c4cc(C)nc5ccccc45)CC3)C2)cc1. The molecule has 0 saturated carbocycles. The number of esters is 1. The van der Waals surface area contributed by atoms with E-state index in [0.29, 0.717) is 45.6 Å². The van der Waals surface area contributed by atoms with Gasteiger partial charge in [0.1, 0.15) is 0 Å². The number of pyridine rings is 1. The molecule has 38 heavy (non-hydrogen) atoms. The van der Waals surface area contributed by atoms with E-state index in [4.69, 9.17) is 0 Å². The second-order valence-corrected chi connectivity index (χ2v) is 11.8. The highest BCUT2D eigenvalue weighted by atomic mass is 32.2. The van der Waals surface area contributed by atoms with Gasteiger partial charge in [0.15, 0.2) is 0 Å². The zero-order valence-corrected chi connectivity index (χ0v) is 22.5. The third-order valence-corrected chi connectivity index (χ3v) is 9.28.